The number of hydrogen-bond donors (Lipinski definition) is 1. The molecule has 0 bridgehead atoms. The van der Waals surface area contributed by atoms with Crippen molar-refractivity contribution in [2.24, 2.45) is 0 Å². The van der Waals surface area contributed by atoms with Gasteiger partial charge in [-0.15, -0.1) is 0 Å². The molecular weight excluding hydrogens is 484 g/mol. The van der Waals surface area contributed by atoms with Crippen molar-refractivity contribution >= 4 is 11.7 Å². The Morgan fingerprint density at radius 2 is 1.66 bits per heavy atom. The van der Waals surface area contributed by atoms with Gasteiger partial charge in [-0.25, -0.2) is 9.97 Å². The number of aromatic nitrogens is 4. The standard InChI is InChI=1S/C28H30N6O4/c1-4-38-20-7-5-19(6-8-20)23-17-27(30-18-29-23)33-11-13-34(14-12-33)28(35)25-16-24(31-32-25)22-15-21(36-2)9-10-26(22)37-3/h5-10,15-18H,4,11-14H2,1-3H3,(H,31,32). The zero-order valence-corrected chi connectivity index (χ0v) is 21.7. The monoisotopic (exact) mass is 514 g/mol. The lowest BCUT2D eigenvalue weighted by atomic mass is 10.1. The number of hydrogen-bond acceptors (Lipinski definition) is 8. The summed E-state index contributed by atoms with van der Waals surface area (Å²) in [6.45, 7) is 5.05. The van der Waals surface area contributed by atoms with Crippen molar-refractivity contribution < 1.29 is 19.0 Å². The van der Waals surface area contributed by atoms with Crippen LogP contribution in [0.5, 0.6) is 17.2 Å². The summed E-state index contributed by atoms with van der Waals surface area (Å²) < 4.78 is 16.3. The van der Waals surface area contributed by atoms with E-state index in [1.165, 1.54) is 0 Å². The van der Waals surface area contributed by atoms with Crippen LogP contribution in [0, 0.1) is 0 Å². The number of carbonyl (C=O) groups is 1. The molecule has 0 atom stereocenters. The SMILES string of the molecule is CCOc1ccc(-c2cc(N3CCN(C(=O)c4cc(-c5cc(OC)ccc5OC)n[nH]4)CC3)ncn2)cc1. The second-order valence-electron chi connectivity index (χ2n) is 8.73. The van der Waals surface area contributed by atoms with Crippen LogP contribution >= 0.6 is 0 Å². The second kappa shape index (κ2) is 11.2. The maximum absolute atomic E-state index is 13.2. The Morgan fingerprint density at radius 3 is 2.37 bits per heavy atom. The third kappa shape index (κ3) is 5.24. The van der Waals surface area contributed by atoms with Gasteiger partial charge in [-0.1, -0.05) is 0 Å². The van der Waals surface area contributed by atoms with Crippen molar-refractivity contribution in [3.05, 3.63) is 66.6 Å². The normalized spacial score (nSPS) is 13.3. The topological polar surface area (TPSA) is 106 Å². The highest BCUT2D eigenvalue weighted by molar-refractivity contribution is 5.93. The fourth-order valence-corrected chi connectivity index (χ4v) is 4.46. The minimum absolute atomic E-state index is 0.0944. The van der Waals surface area contributed by atoms with Gasteiger partial charge in [-0.05, 0) is 55.5 Å². The van der Waals surface area contributed by atoms with E-state index in [-0.39, 0.29) is 5.91 Å². The molecule has 1 aliphatic rings. The fourth-order valence-electron chi connectivity index (χ4n) is 4.46. The molecule has 5 rings (SSSR count). The van der Waals surface area contributed by atoms with E-state index in [1.54, 1.807) is 26.6 Å². The van der Waals surface area contributed by atoms with E-state index < -0.39 is 0 Å². The Balaban J connectivity index is 1.24. The van der Waals surface area contributed by atoms with Gasteiger partial charge in [0, 0.05) is 43.4 Å². The number of anilines is 1. The molecule has 1 fully saturated rings. The van der Waals surface area contributed by atoms with Crippen LogP contribution in [0.2, 0.25) is 0 Å². The van der Waals surface area contributed by atoms with Crippen molar-refractivity contribution in [2.75, 3.05) is 51.9 Å². The highest BCUT2D eigenvalue weighted by Gasteiger charge is 2.25. The lowest BCUT2D eigenvalue weighted by Crippen LogP contribution is -2.49. The number of piperazine rings is 1. The molecule has 1 amide bonds. The zero-order valence-electron chi connectivity index (χ0n) is 21.7. The maximum atomic E-state index is 13.2. The number of rotatable bonds is 8. The molecule has 1 aliphatic heterocycles. The van der Waals surface area contributed by atoms with E-state index in [4.69, 9.17) is 14.2 Å². The molecule has 10 heteroatoms. The van der Waals surface area contributed by atoms with Crippen LogP contribution in [0.1, 0.15) is 17.4 Å². The molecule has 2 aromatic heterocycles. The third-order valence-electron chi connectivity index (χ3n) is 6.50. The summed E-state index contributed by atoms with van der Waals surface area (Å²) in [5, 5.41) is 7.25. The number of methoxy groups -OCH3 is 2. The molecule has 0 saturated carbocycles. The summed E-state index contributed by atoms with van der Waals surface area (Å²) in [6, 6.07) is 17.1. The zero-order chi connectivity index (χ0) is 26.5. The van der Waals surface area contributed by atoms with Crippen LogP contribution in [-0.2, 0) is 0 Å². The van der Waals surface area contributed by atoms with Crippen molar-refractivity contribution in [3.63, 3.8) is 0 Å². The van der Waals surface area contributed by atoms with Crippen molar-refractivity contribution in [3.8, 4) is 39.8 Å². The molecule has 4 aromatic rings. The van der Waals surface area contributed by atoms with Gasteiger partial charge in [0.25, 0.3) is 5.91 Å². The Kier molecular flexibility index (Phi) is 7.39. The lowest BCUT2D eigenvalue weighted by molar-refractivity contribution is 0.0740. The molecule has 1 saturated heterocycles. The molecule has 38 heavy (non-hydrogen) atoms. The van der Waals surface area contributed by atoms with Gasteiger partial charge < -0.3 is 24.0 Å². The molecule has 10 nitrogen and oxygen atoms in total. The van der Waals surface area contributed by atoms with Crippen molar-refractivity contribution in [1.82, 2.24) is 25.1 Å². The number of benzene rings is 2. The minimum atomic E-state index is -0.0944. The Labute approximate surface area is 221 Å². The Hall–Kier alpha value is -4.60. The summed E-state index contributed by atoms with van der Waals surface area (Å²) in [7, 11) is 3.20. The smallest absolute Gasteiger partial charge is 0.272 e. The maximum Gasteiger partial charge on any atom is 0.272 e. The largest absolute Gasteiger partial charge is 0.497 e. The quantitative estimate of drug-likeness (QED) is 0.377. The first-order chi connectivity index (χ1) is 18.6. The van der Waals surface area contributed by atoms with Crippen LogP contribution in [-0.4, -0.2) is 78.0 Å². The molecule has 1 N–H and O–H groups in total. The Morgan fingerprint density at radius 1 is 0.895 bits per heavy atom. The van der Waals surface area contributed by atoms with E-state index in [2.05, 4.69) is 25.1 Å². The number of nitrogens with zero attached hydrogens (tertiary/aromatic N) is 5. The Bertz CT molecular complexity index is 1400. The van der Waals surface area contributed by atoms with Crippen LogP contribution in [0.3, 0.4) is 0 Å². The van der Waals surface area contributed by atoms with Crippen LogP contribution in [0.25, 0.3) is 22.5 Å². The van der Waals surface area contributed by atoms with Gasteiger partial charge in [0.1, 0.15) is 35.1 Å². The number of nitrogens with one attached hydrogen (secondary N) is 1. The van der Waals surface area contributed by atoms with Gasteiger partial charge in [0.2, 0.25) is 0 Å². The lowest BCUT2D eigenvalue weighted by Gasteiger charge is -2.35. The summed E-state index contributed by atoms with van der Waals surface area (Å²) >= 11 is 0. The predicted molar refractivity (Wildman–Crippen MR) is 144 cm³/mol. The first kappa shape index (κ1) is 25.1. The van der Waals surface area contributed by atoms with E-state index in [0.717, 1.165) is 28.4 Å². The number of H-pyrrole nitrogens is 1. The van der Waals surface area contributed by atoms with Crippen molar-refractivity contribution in [1.29, 1.82) is 0 Å². The highest BCUT2D eigenvalue weighted by Crippen LogP contribution is 2.33. The predicted octanol–water partition coefficient (Wildman–Crippen LogP) is 3.91. The average Bonchev–Trinajstić information content (AvgIpc) is 3.47. The number of amides is 1. The van der Waals surface area contributed by atoms with Gasteiger partial charge in [0.15, 0.2) is 0 Å². The molecule has 0 spiro atoms. The average molecular weight is 515 g/mol. The summed E-state index contributed by atoms with van der Waals surface area (Å²) in [4.78, 5) is 26.1. The minimum Gasteiger partial charge on any atom is -0.497 e. The first-order valence-electron chi connectivity index (χ1n) is 12.5. The number of aromatic amines is 1. The first-order valence-corrected chi connectivity index (χ1v) is 12.5. The number of carbonyl (C=O) groups excluding carboxylic acids is 1. The summed E-state index contributed by atoms with van der Waals surface area (Å²) in [5.41, 5.74) is 3.63. The summed E-state index contributed by atoms with van der Waals surface area (Å²) in [5.74, 6) is 2.91. The van der Waals surface area contributed by atoms with Gasteiger partial charge in [0.05, 0.1) is 32.2 Å². The molecule has 0 unspecified atom stereocenters. The van der Waals surface area contributed by atoms with E-state index >= 15 is 0 Å². The third-order valence-corrected chi connectivity index (χ3v) is 6.50. The molecule has 2 aromatic carbocycles. The molecule has 3 heterocycles. The molecule has 0 aliphatic carbocycles. The number of ether oxygens (including phenoxy) is 3. The van der Waals surface area contributed by atoms with Crippen molar-refractivity contribution in [2.45, 2.75) is 6.92 Å². The fraction of sp³-hybridized carbons (Fsp3) is 0.286. The van der Waals surface area contributed by atoms with Gasteiger partial charge in [-0.3, -0.25) is 9.89 Å². The second-order valence-corrected chi connectivity index (χ2v) is 8.73. The summed E-state index contributed by atoms with van der Waals surface area (Å²) in [6.07, 6.45) is 1.58. The molecular formula is C28H30N6O4. The molecule has 0 radical (unpaired) electrons. The highest BCUT2D eigenvalue weighted by atomic mass is 16.5. The molecule has 196 valence electrons. The van der Waals surface area contributed by atoms with E-state index in [0.29, 0.717) is 55.7 Å². The van der Waals surface area contributed by atoms with Gasteiger partial charge in [-0.2, -0.15) is 5.10 Å². The van der Waals surface area contributed by atoms with E-state index in [1.807, 2.05) is 60.4 Å². The van der Waals surface area contributed by atoms with Crippen LogP contribution < -0.4 is 19.1 Å². The van der Waals surface area contributed by atoms with Gasteiger partial charge >= 0.3 is 0 Å². The van der Waals surface area contributed by atoms with Crippen LogP contribution in [0.4, 0.5) is 5.82 Å². The van der Waals surface area contributed by atoms with Crippen LogP contribution in [0.15, 0.2) is 60.9 Å². The van der Waals surface area contributed by atoms with E-state index in [9.17, 15) is 4.79 Å².